The van der Waals surface area contributed by atoms with E-state index >= 15 is 0 Å². The molecule has 1 rings (SSSR count). The van der Waals surface area contributed by atoms with Crippen LogP contribution in [0.15, 0.2) is 10.2 Å². The maximum Gasteiger partial charge on any atom is 0.322 e. The molecule has 17 heavy (non-hydrogen) atoms. The summed E-state index contributed by atoms with van der Waals surface area (Å²) in [6, 6.07) is -0.302. The molecular formula is C11H18N2O3S. The average Bonchev–Trinajstić information content (AvgIpc) is 2.74. The summed E-state index contributed by atoms with van der Waals surface area (Å²) in [7, 11) is 1.38. The van der Waals surface area contributed by atoms with Crippen molar-refractivity contribution in [1.82, 2.24) is 10.3 Å². The van der Waals surface area contributed by atoms with Gasteiger partial charge in [0.2, 0.25) is 0 Å². The van der Waals surface area contributed by atoms with Crippen molar-refractivity contribution < 1.29 is 9.53 Å². The van der Waals surface area contributed by atoms with Gasteiger partial charge in [0.15, 0.2) is 0 Å². The van der Waals surface area contributed by atoms with Gasteiger partial charge < -0.3 is 9.72 Å². The molecule has 1 aromatic heterocycles. The van der Waals surface area contributed by atoms with Crippen molar-refractivity contribution >= 4 is 17.3 Å². The Labute approximate surface area is 104 Å². The largest absolute Gasteiger partial charge is 0.468 e. The zero-order valence-corrected chi connectivity index (χ0v) is 10.9. The van der Waals surface area contributed by atoms with Crippen molar-refractivity contribution in [2.45, 2.75) is 38.8 Å². The molecule has 0 fully saturated rings. The predicted octanol–water partition coefficient (Wildman–Crippen LogP) is 1.26. The SMILES string of the molecule is CCCCC(NCc1csc(=O)[nH]1)C(=O)OC. The molecule has 0 radical (unpaired) electrons. The molecule has 0 aliphatic rings. The standard InChI is InChI=1S/C11H18N2O3S/c1-3-4-5-9(10(14)16-2)12-6-8-7-17-11(15)13-8/h7,9,12H,3-6H2,1-2H3,(H,13,15). The molecule has 0 saturated carbocycles. The molecule has 1 atom stereocenters. The normalized spacial score (nSPS) is 12.4. The van der Waals surface area contributed by atoms with E-state index in [0.717, 1.165) is 36.3 Å². The zero-order chi connectivity index (χ0) is 12.7. The highest BCUT2D eigenvalue weighted by atomic mass is 32.1. The summed E-state index contributed by atoms with van der Waals surface area (Å²) in [5.41, 5.74) is 0.797. The fourth-order valence-electron chi connectivity index (χ4n) is 1.49. The fourth-order valence-corrected chi connectivity index (χ4v) is 2.07. The van der Waals surface area contributed by atoms with Crippen molar-refractivity contribution in [2.24, 2.45) is 0 Å². The Morgan fingerprint density at radius 3 is 2.94 bits per heavy atom. The lowest BCUT2D eigenvalue weighted by atomic mass is 10.1. The van der Waals surface area contributed by atoms with Gasteiger partial charge in [-0.15, -0.1) is 0 Å². The summed E-state index contributed by atoms with van der Waals surface area (Å²) >= 11 is 1.12. The molecule has 5 nitrogen and oxygen atoms in total. The number of aromatic nitrogens is 1. The Kier molecular flexibility index (Phi) is 5.93. The van der Waals surface area contributed by atoms with E-state index in [0.29, 0.717) is 6.54 Å². The minimum atomic E-state index is -0.302. The van der Waals surface area contributed by atoms with Gasteiger partial charge in [-0.25, -0.2) is 0 Å². The highest BCUT2D eigenvalue weighted by molar-refractivity contribution is 7.07. The van der Waals surface area contributed by atoms with E-state index in [1.807, 2.05) is 0 Å². The maximum absolute atomic E-state index is 11.5. The van der Waals surface area contributed by atoms with Crippen LogP contribution >= 0.6 is 11.3 Å². The Bertz CT molecular complexity index is 399. The van der Waals surface area contributed by atoms with Crippen LogP contribution in [0.1, 0.15) is 31.9 Å². The van der Waals surface area contributed by atoms with Gasteiger partial charge in [-0.1, -0.05) is 31.1 Å². The van der Waals surface area contributed by atoms with Crippen LogP contribution < -0.4 is 10.2 Å². The summed E-state index contributed by atoms with van der Waals surface area (Å²) in [6.07, 6.45) is 2.74. The molecular weight excluding hydrogens is 240 g/mol. The first kappa shape index (κ1) is 13.9. The van der Waals surface area contributed by atoms with E-state index in [2.05, 4.69) is 17.2 Å². The van der Waals surface area contributed by atoms with Crippen molar-refractivity contribution in [3.63, 3.8) is 0 Å². The van der Waals surface area contributed by atoms with Gasteiger partial charge in [0.25, 0.3) is 0 Å². The Morgan fingerprint density at radius 1 is 1.65 bits per heavy atom. The van der Waals surface area contributed by atoms with Crippen LogP contribution in [0.5, 0.6) is 0 Å². The third kappa shape index (κ3) is 4.70. The number of aromatic amines is 1. The smallest absolute Gasteiger partial charge is 0.322 e. The second kappa shape index (κ2) is 7.24. The van der Waals surface area contributed by atoms with Crippen LogP contribution in [0.4, 0.5) is 0 Å². The number of carbonyl (C=O) groups is 1. The van der Waals surface area contributed by atoms with E-state index in [-0.39, 0.29) is 16.9 Å². The zero-order valence-electron chi connectivity index (χ0n) is 10.1. The number of carbonyl (C=O) groups excluding carboxylic acids is 1. The molecule has 1 unspecified atom stereocenters. The quantitative estimate of drug-likeness (QED) is 0.722. The molecule has 2 N–H and O–H groups in total. The number of rotatable bonds is 7. The summed E-state index contributed by atoms with van der Waals surface area (Å²) in [6.45, 7) is 2.55. The van der Waals surface area contributed by atoms with Crippen LogP contribution in [0.2, 0.25) is 0 Å². The number of thiazole rings is 1. The van der Waals surface area contributed by atoms with Gasteiger partial charge in [0.1, 0.15) is 6.04 Å². The van der Waals surface area contributed by atoms with Crippen molar-refractivity contribution in [1.29, 1.82) is 0 Å². The van der Waals surface area contributed by atoms with Gasteiger partial charge in [-0.05, 0) is 6.42 Å². The first-order valence-corrected chi connectivity index (χ1v) is 6.53. The summed E-state index contributed by atoms with van der Waals surface area (Å²) in [4.78, 5) is 25.0. The van der Waals surface area contributed by atoms with Gasteiger partial charge in [0.05, 0.1) is 7.11 Å². The van der Waals surface area contributed by atoms with Crippen LogP contribution in [-0.4, -0.2) is 24.1 Å². The Morgan fingerprint density at radius 2 is 2.41 bits per heavy atom. The van der Waals surface area contributed by atoms with Gasteiger partial charge in [-0.2, -0.15) is 0 Å². The molecule has 6 heteroatoms. The lowest BCUT2D eigenvalue weighted by Crippen LogP contribution is -2.37. The second-order valence-electron chi connectivity index (χ2n) is 3.77. The first-order chi connectivity index (χ1) is 8.17. The van der Waals surface area contributed by atoms with Crippen LogP contribution in [0.3, 0.4) is 0 Å². The molecule has 0 saturated heterocycles. The summed E-state index contributed by atoms with van der Waals surface area (Å²) in [5, 5.41) is 4.85. The molecule has 96 valence electrons. The average molecular weight is 258 g/mol. The minimum absolute atomic E-state index is 0.0787. The lowest BCUT2D eigenvalue weighted by molar-refractivity contribution is -0.143. The fraction of sp³-hybridized carbons (Fsp3) is 0.636. The summed E-state index contributed by atoms with van der Waals surface area (Å²) in [5.74, 6) is -0.254. The van der Waals surface area contributed by atoms with Gasteiger partial charge in [-0.3, -0.25) is 14.9 Å². The number of unbranched alkanes of at least 4 members (excludes halogenated alkanes) is 1. The van der Waals surface area contributed by atoms with Gasteiger partial charge in [0, 0.05) is 17.6 Å². The maximum atomic E-state index is 11.5. The number of H-pyrrole nitrogens is 1. The third-order valence-corrected chi connectivity index (χ3v) is 3.16. The van der Waals surface area contributed by atoms with Crippen molar-refractivity contribution in [2.75, 3.05) is 7.11 Å². The van der Waals surface area contributed by atoms with E-state index in [1.54, 1.807) is 5.38 Å². The van der Waals surface area contributed by atoms with Crippen LogP contribution in [0, 0.1) is 0 Å². The molecule has 1 heterocycles. The molecule has 0 aromatic carbocycles. The molecule has 0 amide bonds. The number of ether oxygens (including phenoxy) is 1. The second-order valence-corrected chi connectivity index (χ2v) is 4.61. The minimum Gasteiger partial charge on any atom is -0.468 e. The number of hydrogen-bond acceptors (Lipinski definition) is 5. The monoisotopic (exact) mass is 258 g/mol. The van der Waals surface area contributed by atoms with Crippen LogP contribution in [0.25, 0.3) is 0 Å². The highest BCUT2D eigenvalue weighted by Crippen LogP contribution is 2.04. The highest BCUT2D eigenvalue weighted by Gasteiger charge is 2.17. The summed E-state index contributed by atoms with van der Waals surface area (Å²) < 4.78 is 4.73. The van der Waals surface area contributed by atoms with E-state index < -0.39 is 0 Å². The van der Waals surface area contributed by atoms with Crippen molar-refractivity contribution in [3.8, 4) is 0 Å². The molecule has 0 bridgehead atoms. The van der Waals surface area contributed by atoms with Crippen LogP contribution in [-0.2, 0) is 16.1 Å². The number of nitrogens with one attached hydrogen (secondary N) is 2. The number of methoxy groups -OCH3 is 1. The van der Waals surface area contributed by atoms with E-state index in [4.69, 9.17) is 4.74 Å². The van der Waals surface area contributed by atoms with Crippen molar-refractivity contribution in [3.05, 3.63) is 20.7 Å². The Balaban J connectivity index is 2.48. The lowest BCUT2D eigenvalue weighted by Gasteiger charge is -2.15. The van der Waals surface area contributed by atoms with E-state index in [1.165, 1.54) is 7.11 Å². The molecule has 0 aliphatic carbocycles. The van der Waals surface area contributed by atoms with E-state index in [9.17, 15) is 9.59 Å². The third-order valence-electron chi connectivity index (χ3n) is 2.44. The number of hydrogen-bond donors (Lipinski definition) is 2. The molecule has 0 spiro atoms. The predicted molar refractivity (Wildman–Crippen MR) is 67.1 cm³/mol. The first-order valence-electron chi connectivity index (χ1n) is 5.65. The number of esters is 1. The van der Waals surface area contributed by atoms with Gasteiger partial charge >= 0.3 is 10.8 Å². The topological polar surface area (TPSA) is 71.2 Å². The molecule has 0 aliphatic heterocycles. The Hall–Kier alpha value is -1.14. The molecule has 1 aromatic rings.